The van der Waals surface area contributed by atoms with E-state index in [1.807, 2.05) is 0 Å². The average Bonchev–Trinajstić information content (AvgIpc) is 3.42. The molecule has 1 unspecified atom stereocenters. The Morgan fingerprint density at radius 3 is 0.803 bits per heavy atom. The van der Waals surface area contributed by atoms with Crippen molar-refractivity contribution < 1.29 is 28.6 Å². The van der Waals surface area contributed by atoms with Crippen LogP contribution >= 0.6 is 0 Å². The molecule has 0 aliphatic heterocycles. The Labute approximate surface area is 469 Å². The molecule has 0 N–H and O–H groups in total. The van der Waals surface area contributed by atoms with Crippen molar-refractivity contribution in [1.82, 2.24) is 0 Å². The zero-order chi connectivity index (χ0) is 55.0. The first-order valence-corrected chi connectivity index (χ1v) is 31.5. The van der Waals surface area contributed by atoms with Crippen LogP contribution in [-0.4, -0.2) is 37.2 Å². The molecule has 1 atom stereocenters. The van der Waals surface area contributed by atoms with Crippen LogP contribution in [0.4, 0.5) is 0 Å². The summed E-state index contributed by atoms with van der Waals surface area (Å²) in [5.74, 6) is -0.913. The molecule has 0 saturated heterocycles. The van der Waals surface area contributed by atoms with Crippen LogP contribution in [0.2, 0.25) is 0 Å². The van der Waals surface area contributed by atoms with Gasteiger partial charge in [-0.3, -0.25) is 14.4 Å². The molecule has 6 nitrogen and oxygen atoms in total. The maximum absolute atomic E-state index is 12.8. The van der Waals surface area contributed by atoms with Crippen LogP contribution in [0.1, 0.15) is 284 Å². The Kier molecular flexibility index (Phi) is 59.9. The molecular weight excluding hydrogens is 937 g/mol. The van der Waals surface area contributed by atoms with E-state index < -0.39 is 6.10 Å². The SMILES string of the molecule is CC/C=C\C/C=C\C/C=C\C/C=C\C/C=C\C/C=C\C/C=C\CCCCCCCCCC(=O)OCC(COC(=O)CCCCCCCC)OC(=O)CCCCCCCCCC/C=C\C/C=C\C/C=C\CCCCCCC. The van der Waals surface area contributed by atoms with E-state index in [0.29, 0.717) is 19.3 Å². The van der Waals surface area contributed by atoms with E-state index in [9.17, 15) is 14.4 Å². The highest BCUT2D eigenvalue weighted by molar-refractivity contribution is 5.71. The van der Waals surface area contributed by atoms with Gasteiger partial charge in [-0.1, -0.05) is 271 Å². The first-order valence-electron chi connectivity index (χ1n) is 31.5. The molecule has 0 radical (unpaired) electrons. The number of esters is 3. The van der Waals surface area contributed by atoms with Crippen molar-refractivity contribution in [2.24, 2.45) is 0 Å². The van der Waals surface area contributed by atoms with Crippen LogP contribution in [0.3, 0.4) is 0 Å². The standard InChI is InChI=1S/C70H116O6/c1-4-7-10-13-16-18-20-22-24-26-28-30-32-33-34-35-36-37-39-40-42-44-46-48-50-52-54-57-60-63-69(72)75-66-67(65-74-68(71)62-59-56-15-12-9-6-3)76-70(73)64-61-58-55-53-51-49-47-45-43-41-38-31-29-27-25-23-21-19-17-14-11-8-5-2/h7,10,16,18,21-24,27-30,33-34,36-38,40-42,67H,4-6,8-9,11-15,17,19-20,25-26,31-32,35,39,43-66H2,1-3H3/b10-7-,18-16-,23-21-,24-22-,29-27-,30-28-,34-33-,37-36-,41-38-,42-40-. The second kappa shape index (κ2) is 63.3. The van der Waals surface area contributed by atoms with Crippen molar-refractivity contribution >= 4 is 17.9 Å². The number of unbranched alkanes of at least 4 members (excludes halogenated alkanes) is 25. The lowest BCUT2D eigenvalue weighted by atomic mass is 10.1. The van der Waals surface area contributed by atoms with E-state index in [2.05, 4.69) is 142 Å². The highest BCUT2D eigenvalue weighted by atomic mass is 16.6. The fraction of sp³-hybridized carbons (Fsp3) is 0.671. The highest BCUT2D eigenvalue weighted by Crippen LogP contribution is 2.15. The molecule has 432 valence electrons. The summed E-state index contributed by atoms with van der Waals surface area (Å²) in [4.78, 5) is 38.0. The van der Waals surface area contributed by atoms with Crippen molar-refractivity contribution in [3.63, 3.8) is 0 Å². The van der Waals surface area contributed by atoms with Gasteiger partial charge < -0.3 is 14.2 Å². The molecule has 0 aromatic rings. The van der Waals surface area contributed by atoms with Crippen LogP contribution in [0.15, 0.2) is 122 Å². The molecule has 0 aromatic heterocycles. The smallest absolute Gasteiger partial charge is 0.306 e. The normalized spacial score (nSPS) is 12.9. The first-order chi connectivity index (χ1) is 37.5. The van der Waals surface area contributed by atoms with E-state index in [0.717, 1.165) is 128 Å². The third-order valence-electron chi connectivity index (χ3n) is 13.2. The fourth-order valence-corrected chi connectivity index (χ4v) is 8.49. The van der Waals surface area contributed by atoms with E-state index in [1.54, 1.807) is 0 Å². The minimum Gasteiger partial charge on any atom is -0.462 e. The number of carbonyl (C=O) groups is 3. The molecular formula is C70H116O6. The van der Waals surface area contributed by atoms with Crippen molar-refractivity contribution in [2.75, 3.05) is 13.2 Å². The number of hydrogen-bond acceptors (Lipinski definition) is 6. The number of rotatable bonds is 56. The monoisotopic (exact) mass is 1050 g/mol. The van der Waals surface area contributed by atoms with E-state index >= 15 is 0 Å². The van der Waals surface area contributed by atoms with Crippen molar-refractivity contribution in [3.05, 3.63) is 122 Å². The van der Waals surface area contributed by atoms with Gasteiger partial charge in [-0.05, 0) is 116 Å². The molecule has 0 aliphatic carbocycles. The van der Waals surface area contributed by atoms with Crippen LogP contribution in [-0.2, 0) is 28.6 Å². The predicted octanol–water partition coefficient (Wildman–Crippen LogP) is 21.6. The van der Waals surface area contributed by atoms with Gasteiger partial charge in [0.15, 0.2) is 6.10 Å². The van der Waals surface area contributed by atoms with Crippen molar-refractivity contribution in [3.8, 4) is 0 Å². The Morgan fingerprint density at radius 1 is 0.276 bits per heavy atom. The molecule has 0 bridgehead atoms. The van der Waals surface area contributed by atoms with Gasteiger partial charge in [0, 0.05) is 19.3 Å². The maximum atomic E-state index is 12.8. The minimum absolute atomic E-state index is 0.0863. The highest BCUT2D eigenvalue weighted by Gasteiger charge is 2.19. The number of allylic oxidation sites excluding steroid dienone is 20. The van der Waals surface area contributed by atoms with Crippen LogP contribution in [0.25, 0.3) is 0 Å². The third kappa shape index (κ3) is 60.7. The molecule has 0 rings (SSSR count). The number of hydrogen-bond donors (Lipinski definition) is 0. The molecule has 0 spiro atoms. The van der Waals surface area contributed by atoms with Crippen molar-refractivity contribution in [1.29, 1.82) is 0 Å². The first kappa shape index (κ1) is 71.8. The summed E-state index contributed by atoms with van der Waals surface area (Å²) in [6.45, 7) is 6.44. The Hall–Kier alpha value is -4.19. The van der Waals surface area contributed by atoms with Gasteiger partial charge in [0.2, 0.25) is 0 Å². The summed E-state index contributed by atoms with van der Waals surface area (Å²) >= 11 is 0. The molecule has 0 fully saturated rings. The Morgan fingerprint density at radius 2 is 0.513 bits per heavy atom. The lowest BCUT2D eigenvalue weighted by Crippen LogP contribution is -2.30. The summed E-state index contributed by atoms with van der Waals surface area (Å²) < 4.78 is 16.8. The van der Waals surface area contributed by atoms with E-state index in [-0.39, 0.29) is 31.1 Å². The molecule has 0 aliphatic rings. The molecule has 6 heteroatoms. The lowest BCUT2D eigenvalue weighted by molar-refractivity contribution is -0.167. The predicted molar refractivity (Wildman–Crippen MR) is 330 cm³/mol. The largest absolute Gasteiger partial charge is 0.462 e. The Balaban J connectivity index is 4.17. The van der Waals surface area contributed by atoms with Gasteiger partial charge in [0.1, 0.15) is 13.2 Å². The second-order valence-electron chi connectivity index (χ2n) is 20.6. The van der Waals surface area contributed by atoms with Crippen LogP contribution < -0.4 is 0 Å². The van der Waals surface area contributed by atoms with Gasteiger partial charge in [-0.2, -0.15) is 0 Å². The summed E-state index contributed by atoms with van der Waals surface area (Å²) in [6, 6.07) is 0. The number of carbonyl (C=O) groups excluding carboxylic acids is 3. The summed E-state index contributed by atoms with van der Waals surface area (Å²) in [5.41, 5.74) is 0. The van der Waals surface area contributed by atoms with Gasteiger partial charge in [-0.25, -0.2) is 0 Å². The van der Waals surface area contributed by atoms with E-state index in [1.165, 1.54) is 116 Å². The molecule has 0 aromatic carbocycles. The maximum Gasteiger partial charge on any atom is 0.306 e. The van der Waals surface area contributed by atoms with Gasteiger partial charge >= 0.3 is 17.9 Å². The van der Waals surface area contributed by atoms with Gasteiger partial charge in [0.25, 0.3) is 0 Å². The van der Waals surface area contributed by atoms with Crippen LogP contribution in [0.5, 0.6) is 0 Å². The second-order valence-corrected chi connectivity index (χ2v) is 20.6. The zero-order valence-electron chi connectivity index (χ0n) is 49.5. The third-order valence-corrected chi connectivity index (χ3v) is 13.2. The molecule has 0 saturated carbocycles. The quantitative estimate of drug-likeness (QED) is 0.0261. The summed E-state index contributed by atoms with van der Waals surface area (Å²) in [5, 5.41) is 0. The summed E-state index contributed by atoms with van der Waals surface area (Å²) in [7, 11) is 0. The lowest BCUT2D eigenvalue weighted by Gasteiger charge is -2.18. The van der Waals surface area contributed by atoms with Crippen LogP contribution in [0, 0.1) is 0 Å². The fourth-order valence-electron chi connectivity index (χ4n) is 8.49. The molecule has 76 heavy (non-hydrogen) atoms. The number of ether oxygens (including phenoxy) is 3. The Bertz CT molecular complexity index is 1590. The topological polar surface area (TPSA) is 78.9 Å². The average molecular weight is 1050 g/mol. The van der Waals surface area contributed by atoms with Gasteiger partial charge in [-0.15, -0.1) is 0 Å². The van der Waals surface area contributed by atoms with E-state index in [4.69, 9.17) is 14.2 Å². The summed E-state index contributed by atoms with van der Waals surface area (Å²) in [6.07, 6.45) is 88.0. The van der Waals surface area contributed by atoms with Gasteiger partial charge in [0.05, 0.1) is 0 Å². The molecule has 0 amide bonds. The zero-order valence-corrected chi connectivity index (χ0v) is 49.5. The minimum atomic E-state index is -0.787. The van der Waals surface area contributed by atoms with Crippen molar-refractivity contribution in [2.45, 2.75) is 290 Å². The molecule has 0 heterocycles.